The van der Waals surface area contributed by atoms with Gasteiger partial charge in [0.2, 0.25) is 0 Å². The monoisotopic (exact) mass is 676 g/mol. The van der Waals surface area contributed by atoms with Gasteiger partial charge in [0, 0.05) is 0 Å². The van der Waals surface area contributed by atoms with Gasteiger partial charge >= 0.3 is 24.4 Å². The zero-order valence-electron chi connectivity index (χ0n) is 25.3. The van der Waals surface area contributed by atoms with E-state index in [1.54, 1.807) is 0 Å². The second-order valence-electron chi connectivity index (χ2n) is 15.6. The van der Waals surface area contributed by atoms with E-state index in [1.807, 2.05) is 0 Å². The van der Waals surface area contributed by atoms with Crippen LogP contribution in [0.1, 0.15) is 103 Å². The Hall–Kier alpha value is 0.498. The Bertz CT molecular complexity index is 716. The van der Waals surface area contributed by atoms with Crippen LogP contribution in [0.2, 0.25) is 0 Å². The molecule has 4 aliphatic carbocycles. The Labute approximate surface area is 265 Å². The fourth-order valence-electron chi connectivity index (χ4n) is 12.0. The van der Waals surface area contributed by atoms with E-state index in [1.165, 1.54) is 103 Å². The molecule has 8 nitrogen and oxygen atoms in total. The van der Waals surface area contributed by atoms with Crippen LogP contribution in [-0.4, -0.2) is 73.8 Å². The van der Waals surface area contributed by atoms with Gasteiger partial charge < -0.3 is 0 Å². The number of fused-ring (bicyclic) bond motifs is 20. The maximum atomic E-state index is 4.26. The molecule has 4 saturated carbocycles. The van der Waals surface area contributed by atoms with Crippen LogP contribution in [0.5, 0.6) is 0 Å². The van der Waals surface area contributed by atoms with Crippen molar-refractivity contribution >= 4 is 24.4 Å². The third-order valence-corrected chi connectivity index (χ3v) is 13.8. The zero-order chi connectivity index (χ0) is 26.2. The number of rotatable bonds is 0. The van der Waals surface area contributed by atoms with Crippen molar-refractivity contribution in [3.63, 3.8) is 0 Å². The molecule has 0 aromatic carbocycles. The van der Waals surface area contributed by atoms with Crippen LogP contribution in [0.3, 0.4) is 0 Å². The molecule has 9 aliphatic rings. The second kappa shape index (κ2) is 12.0. The van der Waals surface area contributed by atoms with Crippen LogP contribution < -0.4 is 42.5 Å². The molecule has 5 heterocycles. The van der Waals surface area contributed by atoms with E-state index in [9.17, 15) is 0 Å². The van der Waals surface area contributed by atoms with Gasteiger partial charge in [0.1, 0.15) is 0 Å². The van der Waals surface area contributed by atoms with Gasteiger partial charge in [0.15, 0.2) is 0 Å². The summed E-state index contributed by atoms with van der Waals surface area (Å²) in [5, 5.41) is 33.8. The van der Waals surface area contributed by atoms with Crippen molar-refractivity contribution in [2.24, 2.45) is 47.3 Å². The van der Waals surface area contributed by atoms with Crippen LogP contribution in [0.25, 0.3) is 0 Å². The molecule has 0 amide bonds. The third-order valence-electron chi connectivity index (χ3n) is 13.8. The summed E-state index contributed by atoms with van der Waals surface area (Å²) in [5.41, 5.74) is 0. The predicted octanol–water partition coefficient (Wildman–Crippen LogP) is 1.42. The Morgan fingerprint density at radius 1 is 0.220 bits per heavy atom. The molecule has 8 atom stereocenters. The molecule has 8 unspecified atom stereocenters. The van der Waals surface area contributed by atoms with E-state index in [-0.39, 0.29) is 24.4 Å². The zero-order valence-corrected chi connectivity index (χ0v) is 29.3. The fraction of sp³-hybridized carbons (Fsp3) is 1.00. The molecule has 232 valence electrons. The summed E-state index contributed by atoms with van der Waals surface area (Å²) in [4.78, 5) is 0. The van der Waals surface area contributed by atoms with Crippen molar-refractivity contribution in [3.05, 3.63) is 0 Å². The molecule has 9 heteroatoms. The maximum absolute atomic E-state index is 4.26. The summed E-state index contributed by atoms with van der Waals surface area (Å²) in [6.45, 7) is 0. The molecule has 0 aromatic rings. The molecule has 41 heavy (non-hydrogen) atoms. The van der Waals surface area contributed by atoms with Crippen molar-refractivity contribution in [2.45, 2.75) is 152 Å². The van der Waals surface area contributed by atoms with E-state index in [2.05, 4.69) is 42.5 Å². The van der Waals surface area contributed by atoms with Crippen LogP contribution in [-0.2, 0) is 0 Å². The van der Waals surface area contributed by atoms with Crippen molar-refractivity contribution in [1.29, 1.82) is 0 Å². The number of hydrogen-bond acceptors (Lipinski definition) is 8. The Balaban J connectivity index is 0.00000256. The van der Waals surface area contributed by atoms with Crippen molar-refractivity contribution in [3.8, 4) is 0 Å². The van der Waals surface area contributed by atoms with Crippen LogP contribution in [0, 0.1) is 47.3 Å². The van der Waals surface area contributed by atoms with E-state index in [4.69, 9.17) is 0 Å². The summed E-state index contributed by atoms with van der Waals surface area (Å²) in [6.07, 6.45) is 25.6. The van der Waals surface area contributed by atoms with E-state index in [0.29, 0.717) is 49.3 Å². The molecular weight excluding hydrogens is 618 g/mol. The molecule has 9 fully saturated rings. The summed E-state index contributed by atoms with van der Waals surface area (Å²) in [6, 6.07) is 0. The van der Waals surface area contributed by atoms with Gasteiger partial charge in [-0.2, -0.15) is 0 Å². The average molecular weight is 678 g/mol. The molecule has 0 spiro atoms. The van der Waals surface area contributed by atoms with Gasteiger partial charge in [0.05, 0.1) is 49.3 Å². The van der Waals surface area contributed by atoms with Gasteiger partial charge in [-0.25, -0.2) is 0 Å². The van der Waals surface area contributed by atoms with Gasteiger partial charge in [-0.05, 0) is 98.7 Å². The van der Waals surface area contributed by atoms with Gasteiger partial charge in [-0.1, -0.05) is 51.4 Å². The minimum atomic E-state index is 0. The van der Waals surface area contributed by atoms with Gasteiger partial charge in [0.25, 0.3) is 0 Å². The Kier molecular flexibility index (Phi) is 8.48. The van der Waals surface area contributed by atoms with Gasteiger partial charge in [-0.3, -0.25) is 42.5 Å². The second-order valence-corrected chi connectivity index (χ2v) is 15.6. The first-order valence-electron chi connectivity index (χ1n) is 17.9. The third kappa shape index (κ3) is 5.10. The SMILES string of the molecule is C1CCC2C3NC(NC4NC(NC5NC(NC6NC(N3)C3CCCCC63)C3CCCCC53)C3CCCCC43)C2C1.[SbH3]. The molecule has 0 radical (unpaired) electrons. The quantitative estimate of drug-likeness (QED) is 0.183. The molecule has 8 bridgehead atoms. The van der Waals surface area contributed by atoms with Crippen LogP contribution >= 0.6 is 0 Å². The van der Waals surface area contributed by atoms with Crippen molar-refractivity contribution < 1.29 is 0 Å². The van der Waals surface area contributed by atoms with Crippen LogP contribution in [0.15, 0.2) is 0 Å². The molecule has 5 aliphatic heterocycles. The normalized spacial score (nSPS) is 56.2. The Morgan fingerprint density at radius 2 is 0.341 bits per heavy atom. The topological polar surface area (TPSA) is 96.2 Å². The van der Waals surface area contributed by atoms with Crippen molar-refractivity contribution in [2.75, 3.05) is 0 Å². The summed E-state index contributed by atoms with van der Waals surface area (Å²) < 4.78 is 0. The van der Waals surface area contributed by atoms with E-state index < -0.39 is 0 Å². The number of hydrogen-bond donors (Lipinski definition) is 8. The average Bonchev–Trinajstić information content (AvgIpc) is 3.73. The first-order valence-corrected chi connectivity index (χ1v) is 17.9. The van der Waals surface area contributed by atoms with Crippen molar-refractivity contribution in [1.82, 2.24) is 42.5 Å². The van der Waals surface area contributed by atoms with E-state index >= 15 is 0 Å². The summed E-state index contributed by atoms with van der Waals surface area (Å²) >= 11 is 0. The minimum absolute atomic E-state index is 0. The van der Waals surface area contributed by atoms with Crippen LogP contribution in [0.4, 0.5) is 0 Å². The molecule has 8 N–H and O–H groups in total. The first kappa shape index (κ1) is 28.9. The first-order chi connectivity index (χ1) is 19.8. The summed E-state index contributed by atoms with van der Waals surface area (Å²) in [5.74, 6) is 5.97. The molecular formula is C32H59N8Sb. The molecule has 5 saturated heterocycles. The van der Waals surface area contributed by atoms with E-state index in [0.717, 1.165) is 47.3 Å². The summed E-state index contributed by atoms with van der Waals surface area (Å²) in [7, 11) is 0. The fourth-order valence-corrected chi connectivity index (χ4v) is 12.0. The predicted molar refractivity (Wildman–Crippen MR) is 167 cm³/mol. The standard InChI is InChI=1S/C32H56N8.Sb.3H/c1-2-10-18-17(9-1)25-33-26(18)38-28-21-13-5-6-14-22(21)30(35-28)40-32-24-16-8-7-15-23(24)31(36-32)39-29-20-12-4-3-11-19(20)27(34-29)37-25;;;;/h17-40H,1-16H2;;;;. The number of nitrogens with one attached hydrogen (secondary N) is 8. The van der Waals surface area contributed by atoms with Gasteiger partial charge in [-0.15, -0.1) is 0 Å². The Morgan fingerprint density at radius 3 is 0.463 bits per heavy atom. The molecule has 9 rings (SSSR count). The molecule has 0 aromatic heterocycles.